The number of amides is 1. The Bertz CT molecular complexity index is 521. The van der Waals surface area contributed by atoms with Crippen LogP contribution in [0.1, 0.15) is 23.0 Å². The topological polar surface area (TPSA) is 83.8 Å². The number of hydrogen-bond donors (Lipinski definition) is 3. The summed E-state index contributed by atoms with van der Waals surface area (Å²) in [7, 11) is 0. The number of H-pyrrole nitrogens is 1. The van der Waals surface area contributed by atoms with Crippen molar-refractivity contribution in [1.82, 2.24) is 15.5 Å². The summed E-state index contributed by atoms with van der Waals surface area (Å²) in [5.41, 5.74) is 7.47. The summed E-state index contributed by atoms with van der Waals surface area (Å²) in [6.45, 7) is 1.96. The molecule has 0 aliphatic heterocycles. The van der Waals surface area contributed by atoms with Crippen molar-refractivity contribution in [3.63, 3.8) is 0 Å². The number of nitrogens with one attached hydrogen (secondary N) is 2. The van der Waals surface area contributed by atoms with Gasteiger partial charge in [-0.15, -0.1) is 0 Å². The number of nitrogens with zero attached hydrogens (tertiary/aromatic N) is 1. The van der Waals surface area contributed by atoms with E-state index in [0.29, 0.717) is 11.4 Å². The highest BCUT2D eigenvalue weighted by Crippen LogP contribution is 2.07. The summed E-state index contributed by atoms with van der Waals surface area (Å²) in [6, 6.07) is 10.0. The lowest BCUT2D eigenvalue weighted by Crippen LogP contribution is -2.34. The second-order valence-electron chi connectivity index (χ2n) is 4.26. The third-order valence-corrected chi connectivity index (χ3v) is 2.66. The predicted molar refractivity (Wildman–Crippen MR) is 70.1 cm³/mol. The Kier molecular flexibility index (Phi) is 3.62. The van der Waals surface area contributed by atoms with E-state index in [-0.39, 0.29) is 11.9 Å². The summed E-state index contributed by atoms with van der Waals surface area (Å²) in [4.78, 5) is 11.9. The van der Waals surface area contributed by atoms with Gasteiger partial charge in [-0.25, -0.2) is 0 Å². The summed E-state index contributed by atoms with van der Waals surface area (Å²) < 4.78 is 0. The molecule has 1 heterocycles. The monoisotopic (exact) mass is 244 g/mol. The summed E-state index contributed by atoms with van der Waals surface area (Å²) in [5, 5.41) is 9.19. The van der Waals surface area contributed by atoms with Crippen LogP contribution >= 0.6 is 0 Å². The van der Waals surface area contributed by atoms with Crippen LogP contribution in [-0.2, 0) is 6.42 Å². The van der Waals surface area contributed by atoms with Crippen molar-refractivity contribution < 1.29 is 4.79 Å². The summed E-state index contributed by atoms with van der Waals surface area (Å²) in [6.07, 6.45) is 2.21. The highest BCUT2D eigenvalue weighted by molar-refractivity contribution is 5.97. The number of carbonyl (C=O) groups excluding carboxylic acids is 1. The number of aromatic amines is 1. The number of hydrogen-bond acceptors (Lipinski definition) is 3. The lowest BCUT2D eigenvalue weighted by atomic mass is 10.1. The SMILES string of the molecule is CC(Cc1ccccc1)NC(=O)c1[nH]ncc1N. The van der Waals surface area contributed by atoms with E-state index in [9.17, 15) is 4.79 Å². The highest BCUT2D eigenvalue weighted by atomic mass is 16.2. The fourth-order valence-corrected chi connectivity index (χ4v) is 1.79. The number of benzene rings is 1. The van der Waals surface area contributed by atoms with Gasteiger partial charge in [0.25, 0.3) is 5.91 Å². The molecule has 0 aliphatic carbocycles. The van der Waals surface area contributed by atoms with Gasteiger partial charge < -0.3 is 11.1 Å². The van der Waals surface area contributed by atoms with Crippen molar-refractivity contribution in [2.24, 2.45) is 0 Å². The molecule has 2 rings (SSSR count). The minimum atomic E-state index is -0.228. The van der Waals surface area contributed by atoms with Gasteiger partial charge in [-0.2, -0.15) is 5.10 Å². The zero-order valence-electron chi connectivity index (χ0n) is 10.2. The third kappa shape index (κ3) is 2.88. The van der Waals surface area contributed by atoms with Gasteiger partial charge in [0.05, 0.1) is 11.9 Å². The van der Waals surface area contributed by atoms with Crippen LogP contribution in [0.15, 0.2) is 36.5 Å². The molecule has 1 aromatic heterocycles. The van der Waals surface area contributed by atoms with E-state index >= 15 is 0 Å². The lowest BCUT2D eigenvalue weighted by molar-refractivity contribution is 0.0936. The predicted octanol–water partition coefficient (Wildman–Crippen LogP) is 1.35. The molecule has 18 heavy (non-hydrogen) atoms. The molecule has 94 valence electrons. The minimum absolute atomic E-state index is 0.0302. The Balaban J connectivity index is 1.94. The Morgan fingerprint density at radius 1 is 1.44 bits per heavy atom. The van der Waals surface area contributed by atoms with Gasteiger partial charge in [-0.05, 0) is 18.9 Å². The molecule has 1 aromatic carbocycles. The number of nitrogen functional groups attached to an aromatic ring is 1. The van der Waals surface area contributed by atoms with E-state index in [1.54, 1.807) is 0 Å². The zero-order valence-corrected chi connectivity index (χ0v) is 10.2. The van der Waals surface area contributed by atoms with Crippen molar-refractivity contribution >= 4 is 11.6 Å². The van der Waals surface area contributed by atoms with E-state index in [1.165, 1.54) is 11.8 Å². The quantitative estimate of drug-likeness (QED) is 0.759. The lowest BCUT2D eigenvalue weighted by Gasteiger charge is -2.13. The van der Waals surface area contributed by atoms with Crippen molar-refractivity contribution in [3.8, 4) is 0 Å². The van der Waals surface area contributed by atoms with Crippen molar-refractivity contribution in [2.75, 3.05) is 5.73 Å². The average Bonchev–Trinajstić information content (AvgIpc) is 2.76. The second kappa shape index (κ2) is 5.35. The normalized spacial score (nSPS) is 12.1. The van der Waals surface area contributed by atoms with Gasteiger partial charge in [0.2, 0.25) is 0 Å². The molecule has 1 unspecified atom stereocenters. The van der Waals surface area contributed by atoms with Gasteiger partial charge >= 0.3 is 0 Å². The molecule has 2 aromatic rings. The Labute approximate surface area is 105 Å². The van der Waals surface area contributed by atoms with Gasteiger partial charge in [0.15, 0.2) is 0 Å². The molecule has 1 atom stereocenters. The molecule has 4 N–H and O–H groups in total. The number of aromatic nitrogens is 2. The van der Waals surface area contributed by atoms with Crippen LogP contribution < -0.4 is 11.1 Å². The molecule has 0 spiro atoms. The third-order valence-electron chi connectivity index (χ3n) is 2.66. The Morgan fingerprint density at radius 2 is 2.17 bits per heavy atom. The first-order chi connectivity index (χ1) is 8.66. The van der Waals surface area contributed by atoms with Crippen molar-refractivity contribution in [1.29, 1.82) is 0 Å². The van der Waals surface area contributed by atoms with Gasteiger partial charge in [0, 0.05) is 6.04 Å². The van der Waals surface area contributed by atoms with E-state index in [1.807, 2.05) is 37.3 Å². The first-order valence-electron chi connectivity index (χ1n) is 5.80. The smallest absolute Gasteiger partial charge is 0.271 e. The Morgan fingerprint density at radius 3 is 2.78 bits per heavy atom. The number of carbonyl (C=O) groups is 1. The molecule has 1 amide bonds. The van der Waals surface area contributed by atoms with Gasteiger partial charge in [0.1, 0.15) is 5.69 Å². The van der Waals surface area contributed by atoms with Crippen molar-refractivity contribution in [2.45, 2.75) is 19.4 Å². The molecule has 0 fully saturated rings. The van der Waals surface area contributed by atoms with Crippen LogP contribution in [0.25, 0.3) is 0 Å². The molecule has 0 radical (unpaired) electrons. The van der Waals surface area contributed by atoms with E-state index < -0.39 is 0 Å². The van der Waals surface area contributed by atoms with Crippen LogP contribution in [0, 0.1) is 0 Å². The maximum Gasteiger partial charge on any atom is 0.271 e. The number of anilines is 1. The fraction of sp³-hybridized carbons (Fsp3) is 0.231. The Hall–Kier alpha value is -2.30. The van der Waals surface area contributed by atoms with Crippen LogP contribution in [0.3, 0.4) is 0 Å². The maximum atomic E-state index is 11.9. The molecule has 0 bridgehead atoms. The van der Waals surface area contributed by atoms with Gasteiger partial charge in [-0.3, -0.25) is 9.89 Å². The first kappa shape index (κ1) is 12.2. The first-order valence-corrected chi connectivity index (χ1v) is 5.80. The largest absolute Gasteiger partial charge is 0.396 e. The molecule has 5 heteroatoms. The number of nitrogens with two attached hydrogens (primary N) is 1. The van der Waals surface area contributed by atoms with Crippen LogP contribution in [0.5, 0.6) is 0 Å². The fourth-order valence-electron chi connectivity index (χ4n) is 1.79. The minimum Gasteiger partial charge on any atom is -0.396 e. The van der Waals surface area contributed by atoms with Crippen LogP contribution in [0.2, 0.25) is 0 Å². The summed E-state index contributed by atoms with van der Waals surface area (Å²) >= 11 is 0. The number of rotatable bonds is 4. The van der Waals surface area contributed by atoms with E-state index in [0.717, 1.165) is 6.42 Å². The highest BCUT2D eigenvalue weighted by Gasteiger charge is 2.14. The maximum absolute atomic E-state index is 11.9. The standard InChI is InChI=1S/C13H16N4O/c1-9(7-10-5-3-2-4-6-10)16-13(18)12-11(14)8-15-17-12/h2-6,8-9H,7,14H2,1H3,(H,15,17)(H,16,18). The second-order valence-corrected chi connectivity index (χ2v) is 4.26. The molecule has 5 nitrogen and oxygen atoms in total. The van der Waals surface area contributed by atoms with E-state index in [2.05, 4.69) is 15.5 Å². The van der Waals surface area contributed by atoms with Crippen LogP contribution in [-0.4, -0.2) is 22.1 Å². The van der Waals surface area contributed by atoms with Gasteiger partial charge in [-0.1, -0.05) is 30.3 Å². The summed E-state index contributed by atoms with van der Waals surface area (Å²) in [5.74, 6) is -0.228. The average molecular weight is 244 g/mol. The van der Waals surface area contributed by atoms with E-state index in [4.69, 9.17) is 5.73 Å². The molecule has 0 aliphatic rings. The van der Waals surface area contributed by atoms with Crippen LogP contribution in [0.4, 0.5) is 5.69 Å². The molecule has 0 saturated heterocycles. The molecular formula is C13H16N4O. The molecule has 0 saturated carbocycles. The van der Waals surface area contributed by atoms with Crippen molar-refractivity contribution in [3.05, 3.63) is 47.8 Å². The zero-order chi connectivity index (χ0) is 13.0. The molecular weight excluding hydrogens is 228 g/mol.